The lowest BCUT2D eigenvalue weighted by Gasteiger charge is -2.23. The first kappa shape index (κ1) is 14.6. The van der Waals surface area contributed by atoms with Gasteiger partial charge in [-0.05, 0) is 31.5 Å². The summed E-state index contributed by atoms with van der Waals surface area (Å²) >= 11 is 5.63. The van der Waals surface area contributed by atoms with Crippen molar-refractivity contribution < 1.29 is 19.1 Å². The number of carboxylic acid groups (broad SMARTS) is 1. The van der Waals surface area contributed by atoms with Gasteiger partial charge < -0.3 is 15.3 Å². The molecule has 2 rings (SSSR count). The second-order valence-corrected chi connectivity index (χ2v) is 5.13. The second kappa shape index (κ2) is 5.66. The van der Waals surface area contributed by atoms with Crippen LogP contribution in [-0.4, -0.2) is 34.6 Å². The number of likely N-dealkylation sites (tertiary alicyclic amines) is 1. The van der Waals surface area contributed by atoms with E-state index >= 15 is 0 Å². The fourth-order valence-corrected chi connectivity index (χ4v) is 2.51. The van der Waals surface area contributed by atoms with Crippen molar-refractivity contribution in [2.45, 2.75) is 19.4 Å². The summed E-state index contributed by atoms with van der Waals surface area (Å²) in [5.41, 5.74) is 0.368. The molecule has 5 nitrogen and oxygen atoms in total. The van der Waals surface area contributed by atoms with Gasteiger partial charge in [-0.1, -0.05) is 11.6 Å². The zero-order valence-electron chi connectivity index (χ0n) is 10.8. The van der Waals surface area contributed by atoms with Crippen LogP contribution in [-0.2, 0) is 4.79 Å². The number of anilines is 1. The Balaban J connectivity index is 2.05. The summed E-state index contributed by atoms with van der Waals surface area (Å²) in [5.74, 6) is -2.03. The molecular formula is C13H14ClFN2O3. The normalized spacial score (nSPS) is 21.9. The summed E-state index contributed by atoms with van der Waals surface area (Å²) in [6.45, 7) is 2.07. The van der Waals surface area contributed by atoms with Gasteiger partial charge in [0.1, 0.15) is 5.82 Å². The molecule has 1 aromatic rings. The van der Waals surface area contributed by atoms with Gasteiger partial charge in [-0.25, -0.2) is 9.18 Å². The van der Waals surface area contributed by atoms with Crippen LogP contribution in [0.1, 0.15) is 13.3 Å². The molecule has 0 radical (unpaired) electrons. The van der Waals surface area contributed by atoms with Crippen molar-refractivity contribution in [3.05, 3.63) is 29.0 Å². The highest BCUT2D eigenvalue weighted by molar-refractivity contribution is 6.31. The van der Waals surface area contributed by atoms with E-state index in [0.717, 1.165) is 6.07 Å². The lowest BCUT2D eigenvalue weighted by molar-refractivity contribution is -0.142. The molecule has 0 spiro atoms. The summed E-state index contributed by atoms with van der Waals surface area (Å²) in [7, 11) is 0. The van der Waals surface area contributed by atoms with Gasteiger partial charge in [0.2, 0.25) is 0 Å². The monoisotopic (exact) mass is 300 g/mol. The molecule has 0 aromatic heterocycles. The van der Waals surface area contributed by atoms with Crippen LogP contribution < -0.4 is 5.32 Å². The number of benzene rings is 1. The first-order chi connectivity index (χ1) is 9.40. The van der Waals surface area contributed by atoms with Crippen molar-refractivity contribution in [3.8, 4) is 0 Å². The predicted octanol–water partition coefficient (Wildman–Crippen LogP) is 2.81. The van der Waals surface area contributed by atoms with Crippen molar-refractivity contribution in [2.24, 2.45) is 5.92 Å². The molecule has 1 fully saturated rings. The quantitative estimate of drug-likeness (QED) is 0.882. The third-order valence-electron chi connectivity index (χ3n) is 3.50. The summed E-state index contributed by atoms with van der Waals surface area (Å²) in [6, 6.07) is 3.07. The first-order valence-electron chi connectivity index (χ1n) is 6.15. The number of carbonyl (C=O) groups excluding carboxylic acids is 1. The summed E-state index contributed by atoms with van der Waals surface area (Å²) in [5, 5.41) is 11.5. The molecule has 2 amide bonds. The Bertz CT molecular complexity index is 552. The van der Waals surface area contributed by atoms with Crippen molar-refractivity contribution in [2.75, 3.05) is 11.9 Å². The highest BCUT2D eigenvalue weighted by Crippen LogP contribution is 2.26. The van der Waals surface area contributed by atoms with Crippen molar-refractivity contribution in [3.63, 3.8) is 0 Å². The zero-order valence-corrected chi connectivity index (χ0v) is 11.5. The molecule has 2 unspecified atom stereocenters. The van der Waals surface area contributed by atoms with Crippen LogP contribution in [0.25, 0.3) is 0 Å². The van der Waals surface area contributed by atoms with Gasteiger partial charge in [-0.3, -0.25) is 4.79 Å². The molecule has 1 heterocycles. The van der Waals surface area contributed by atoms with Gasteiger partial charge in [0, 0.05) is 18.3 Å². The number of aliphatic carboxylic acids is 1. The van der Waals surface area contributed by atoms with Gasteiger partial charge in [0.25, 0.3) is 0 Å². The predicted molar refractivity (Wildman–Crippen MR) is 72.3 cm³/mol. The van der Waals surface area contributed by atoms with Crippen LogP contribution in [0.15, 0.2) is 18.2 Å². The average Bonchev–Trinajstić information content (AvgIpc) is 2.76. The van der Waals surface area contributed by atoms with Gasteiger partial charge in [0.05, 0.1) is 10.9 Å². The number of rotatable bonds is 2. The van der Waals surface area contributed by atoms with E-state index in [0.29, 0.717) is 18.7 Å². The minimum Gasteiger partial charge on any atom is -0.481 e. The number of amides is 2. The molecule has 108 valence electrons. The lowest BCUT2D eigenvalue weighted by atomic mass is 10.0. The minimum atomic E-state index is -0.905. The number of carbonyl (C=O) groups is 2. The van der Waals surface area contributed by atoms with E-state index in [1.54, 1.807) is 6.92 Å². The van der Waals surface area contributed by atoms with Crippen molar-refractivity contribution >= 4 is 29.3 Å². The van der Waals surface area contributed by atoms with E-state index in [1.807, 2.05) is 0 Å². The summed E-state index contributed by atoms with van der Waals surface area (Å²) in [4.78, 5) is 24.5. The van der Waals surface area contributed by atoms with E-state index in [9.17, 15) is 14.0 Å². The van der Waals surface area contributed by atoms with Gasteiger partial charge in [-0.15, -0.1) is 0 Å². The molecule has 1 aliphatic heterocycles. The molecule has 0 bridgehead atoms. The van der Waals surface area contributed by atoms with Crippen LogP contribution in [0, 0.1) is 11.7 Å². The summed E-state index contributed by atoms with van der Waals surface area (Å²) in [6.07, 6.45) is 0.425. The van der Waals surface area contributed by atoms with E-state index in [1.165, 1.54) is 17.0 Å². The van der Waals surface area contributed by atoms with E-state index in [-0.39, 0.29) is 11.1 Å². The van der Waals surface area contributed by atoms with Crippen LogP contribution in [0.2, 0.25) is 5.02 Å². The van der Waals surface area contributed by atoms with Gasteiger partial charge >= 0.3 is 12.0 Å². The van der Waals surface area contributed by atoms with E-state index in [4.69, 9.17) is 16.7 Å². The number of hydrogen-bond acceptors (Lipinski definition) is 2. The molecule has 1 aromatic carbocycles. The average molecular weight is 301 g/mol. The van der Waals surface area contributed by atoms with Crippen LogP contribution in [0.3, 0.4) is 0 Å². The molecule has 2 N–H and O–H groups in total. The highest BCUT2D eigenvalue weighted by atomic mass is 35.5. The largest absolute Gasteiger partial charge is 0.481 e. The molecule has 1 saturated heterocycles. The lowest BCUT2D eigenvalue weighted by Crippen LogP contribution is -2.40. The Hall–Kier alpha value is -1.82. The van der Waals surface area contributed by atoms with Crippen LogP contribution in [0.4, 0.5) is 14.9 Å². The Morgan fingerprint density at radius 2 is 2.20 bits per heavy atom. The Labute approximate surface area is 120 Å². The number of nitrogens with zero attached hydrogens (tertiary/aromatic N) is 1. The fraction of sp³-hybridized carbons (Fsp3) is 0.385. The van der Waals surface area contributed by atoms with Gasteiger partial charge in [0.15, 0.2) is 0 Å². The minimum absolute atomic E-state index is 0.0827. The topological polar surface area (TPSA) is 69.6 Å². The first-order valence-corrected chi connectivity index (χ1v) is 6.53. The third kappa shape index (κ3) is 2.85. The number of hydrogen-bond donors (Lipinski definition) is 2. The molecule has 0 saturated carbocycles. The molecule has 2 atom stereocenters. The SMILES string of the molecule is CC1C(C(=O)O)CCN1C(=O)Nc1ccc(F)c(Cl)c1. The highest BCUT2D eigenvalue weighted by Gasteiger charge is 2.38. The smallest absolute Gasteiger partial charge is 0.322 e. The van der Waals surface area contributed by atoms with Crippen molar-refractivity contribution in [1.29, 1.82) is 0 Å². The van der Waals surface area contributed by atoms with Crippen molar-refractivity contribution in [1.82, 2.24) is 4.90 Å². The van der Waals surface area contributed by atoms with Gasteiger partial charge in [-0.2, -0.15) is 0 Å². The molecule has 1 aliphatic rings. The summed E-state index contributed by atoms with van der Waals surface area (Å²) < 4.78 is 13.0. The number of halogens is 2. The number of urea groups is 1. The fourth-order valence-electron chi connectivity index (χ4n) is 2.33. The second-order valence-electron chi connectivity index (χ2n) is 4.73. The van der Waals surface area contributed by atoms with Crippen LogP contribution >= 0.6 is 11.6 Å². The molecular weight excluding hydrogens is 287 g/mol. The Morgan fingerprint density at radius 3 is 2.75 bits per heavy atom. The Kier molecular flexibility index (Phi) is 4.13. The maximum Gasteiger partial charge on any atom is 0.322 e. The molecule has 0 aliphatic carbocycles. The standard InChI is InChI=1S/C13H14ClFN2O3/c1-7-9(12(18)19)4-5-17(7)13(20)16-8-2-3-11(15)10(14)6-8/h2-3,6-7,9H,4-5H2,1H3,(H,16,20)(H,18,19). The maximum atomic E-state index is 13.0. The van der Waals surface area contributed by atoms with E-state index < -0.39 is 23.7 Å². The number of carboxylic acids is 1. The molecule has 20 heavy (non-hydrogen) atoms. The van der Waals surface area contributed by atoms with E-state index in [2.05, 4.69) is 5.32 Å². The Morgan fingerprint density at radius 1 is 1.50 bits per heavy atom. The van der Waals surface area contributed by atoms with Crippen LogP contribution in [0.5, 0.6) is 0 Å². The maximum absolute atomic E-state index is 13.0. The number of nitrogens with one attached hydrogen (secondary N) is 1. The third-order valence-corrected chi connectivity index (χ3v) is 3.79. The zero-order chi connectivity index (χ0) is 14.9. The molecule has 7 heteroatoms.